The average Bonchev–Trinajstić information content (AvgIpc) is 2.58. The van der Waals surface area contributed by atoms with E-state index in [1.807, 2.05) is 0 Å². The molecule has 0 heterocycles. The zero-order valence-electron chi connectivity index (χ0n) is 15.7. The second-order valence-electron chi connectivity index (χ2n) is 6.20. The van der Waals surface area contributed by atoms with Crippen molar-refractivity contribution >= 4 is 11.9 Å². The molecule has 0 N–H and O–H groups in total. The monoisotopic (exact) mass is 340 g/mol. The first-order chi connectivity index (χ1) is 11.7. The molecule has 0 fully saturated rings. The van der Waals surface area contributed by atoms with Gasteiger partial charge in [0.1, 0.15) is 0 Å². The van der Waals surface area contributed by atoms with Crippen LogP contribution in [0.4, 0.5) is 0 Å². The Morgan fingerprint density at radius 1 is 0.583 bits per heavy atom. The van der Waals surface area contributed by atoms with Gasteiger partial charge in [-0.15, -0.1) is 0 Å². The number of esters is 2. The molecule has 0 spiro atoms. The van der Waals surface area contributed by atoms with Crippen molar-refractivity contribution in [2.75, 3.05) is 13.2 Å². The van der Waals surface area contributed by atoms with Crippen molar-refractivity contribution in [3.63, 3.8) is 0 Å². The van der Waals surface area contributed by atoms with Gasteiger partial charge in [0.2, 0.25) is 0 Å². The number of ether oxygens (including phenoxy) is 2. The third-order valence-electron chi connectivity index (χ3n) is 3.84. The predicted octanol–water partition coefficient (Wildman–Crippen LogP) is 5.35. The summed E-state index contributed by atoms with van der Waals surface area (Å²) in [5, 5.41) is 0. The van der Waals surface area contributed by atoms with Crippen LogP contribution in [0.2, 0.25) is 0 Å². The van der Waals surface area contributed by atoms with Gasteiger partial charge < -0.3 is 9.47 Å². The molecule has 0 aliphatic heterocycles. The maximum absolute atomic E-state index is 11.4. The molecule has 0 aromatic heterocycles. The smallest absolute Gasteiger partial charge is 0.331 e. The highest BCUT2D eigenvalue weighted by Crippen LogP contribution is 2.06. The molecule has 0 saturated carbocycles. The molecule has 0 atom stereocenters. The Bertz CT molecular complexity index is 305. The molecular weight excluding hydrogens is 304 g/mol. The van der Waals surface area contributed by atoms with Gasteiger partial charge in [-0.25, -0.2) is 9.59 Å². The summed E-state index contributed by atoms with van der Waals surface area (Å²) in [5.41, 5.74) is 0. The number of carbonyl (C=O) groups excluding carboxylic acids is 2. The standard InChI is InChI=1S/C20H36O4/c1-3-5-7-9-11-13-17-23-19(21)15-16-20(22)24-18-14-12-10-8-6-4-2/h15-16H,3-14,17-18H2,1-2H3/b16-15-. The van der Waals surface area contributed by atoms with Crippen molar-refractivity contribution in [2.24, 2.45) is 0 Å². The van der Waals surface area contributed by atoms with E-state index in [9.17, 15) is 9.59 Å². The summed E-state index contributed by atoms with van der Waals surface area (Å²) in [6, 6.07) is 0. The molecule has 0 aliphatic carbocycles. The molecule has 0 amide bonds. The SMILES string of the molecule is CCCCCCCCOC(=O)/C=C\C(=O)OCCCCCCCC. The zero-order chi connectivity index (χ0) is 17.9. The number of unbranched alkanes of at least 4 members (excludes halogenated alkanes) is 10. The van der Waals surface area contributed by atoms with E-state index in [0.29, 0.717) is 13.2 Å². The molecule has 0 aromatic rings. The van der Waals surface area contributed by atoms with Crippen LogP contribution in [0.5, 0.6) is 0 Å². The Balaban J connectivity index is 3.48. The van der Waals surface area contributed by atoms with Crippen molar-refractivity contribution in [3.8, 4) is 0 Å². The first-order valence-corrected chi connectivity index (χ1v) is 9.72. The van der Waals surface area contributed by atoms with Gasteiger partial charge in [0, 0.05) is 12.2 Å². The minimum absolute atomic E-state index is 0.419. The van der Waals surface area contributed by atoms with Crippen molar-refractivity contribution in [2.45, 2.75) is 90.9 Å². The maximum Gasteiger partial charge on any atom is 0.331 e. The normalized spacial score (nSPS) is 10.9. The van der Waals surface area contributed by atoms with Crippen molar-refractivity contribution in [1.82, 2.24) is 0 Å². The zero-order valence-corrected chi connectivity index (χ0v) is 15.7. The van der Waals surface area contributed by atoms with Gasteiger partial charge in [-0.05, 0) is 12.8 Å². The van der Waals surface area contributed by atoms with E-state index in [-0.39, 0.29) is 0 Å². The number of carbonyl (C=O) groups is 2. The molecule has 0 aliphatic rings. The number of hydrogen-bond acceptors (Lipinski definition) is 4. The van der Waals surface area contributed by atoms with Crippen LogP contribution < -0.4 is 0 Å². The molecule has 0 aromatic carbocycles. The second-order valence-corrected chi connectivity index (χ2v) is 6.20. The molecule has 140 valence electrons. The van der Waals surface area contributed by atoms with Crippen molar-refractivity contribution in [3.05, 3.63) is 12.2 Å². The number of hydrogen-bond donors (Lipinski definition) is 0. The quantitative estimate of drug-likeness (QED) is 0.216. The van der Waals surface area contributed by atoms with Crippen LogP contribution in [0.15, 0.2) is 12.2 Å². The molecule has 0 saturated heterocycles. The summed E-state index contributed by atoms with van der Waals surface area (Å²) < 4.78 is 10.1. The molecule has 0 bridgehead atoms. The molecule has 24 heavy (non-hydrogen) atoms. The summed E-state index contributed by atoms with van der Waals surface area (Å²) in [5.74, 6) is -0.944. The van der Waals surface area contributed by atoms with Gasteiger partial charge in [0.25, 0.3) is 0 Å². The van der Waals surface area contributed by atoms with Gasteiger partial charge >= 0.3 is 11.9 Å². The van der Waals surface area contributed by atoms with Crippen molar-refractivity contribution in [1.29, 1.82) is 0 Å². The fraction of sp³-hybridized carbons (Fsp3) is 0.800. The Morgan fingerprint density at radius 3 is 1.29 bits per heavy atom. The summed E-state index contributed by atoms with van der Waals surface area (Å²) in [6.45, 7) is 5.21. The van der Waals surface area contributed by atoms with E-state index in [1.165, 1.54) is 51.4 Å². The van der Waals surface area contributed by atoms with E-state index in [1.54, 1.807) is 0 Å². The van der Waals surface area contributed by atoms with Crippen LogP contribution in [0.3, 0.4) is 0 Å². The van der Waals surface area contributed by atoms with Gasteiger partial charge in [0.05, 0.1) is 13.2 Å². The van der Waals surface area contributed by atoms with Crippen LogP contribution in [0.25, 0.3) is 0 Å². The van der Waals surface area contributed by atoms with Crippen LogP contribution >= 0.6 is 0 Å². The lowest BCUT2D eigenvalue weighted by Crippen LogP contribution is -2.06. The van der Waals surface area contributed by atoms with Crippen LogP contribution in [-0.2, 0) is 19.1 Å². The second kappa shape index (κ2) is 18.0. The van der Waals surface area contributed by atoms with Gasteiger partial charge in [-0.2, -0.15) is 0 Å². The maximum atomic E-state index is 11.4. The lowest BCUT2D eigenvalue weighted by atomic mass is 10.1. The van der Waals surface area contributed by atoms with Crippen LogP contribution in [-0.4, -0.2) is 25.2 Å². The van der Waals surface area contributed by atoms with E-state index in [4.69, 9.17) is 9.47 Å². The van der Waals surface area contributed by atoms with Gasteiger partial charge in [0.15, 0.2) is 0 Å². The first kappa shape index (κ1) is 22.7. The Hall–Kier alpha value is -1.32. The van der Waals surface area contributed by atoms with Gasteiger partial charge in [-0.3, -0.25) is 0 Å². The largest absolute Gasteiger partial charge is 0.463 e. The minimum atomic E-state index is -0.472. The van der Waals surface area contributed by atoms with Gasteiger partial charge in [-0.1, -0.05) is 78.1 Å². The molecule has 0 unspecified atom stereocenters. The Kier molecular flexibility index (Phi) is 17.0. The minimum Gasteiger partial charge on any atom is -0.463 e. The fourth-order valence-corrected chi connectivity index (χ4v) is 2.34. The predicted molar refractivity (Wildman–Crippen MR) is 97.8 cm³/mol. The van der Waals surface area contributed by atoms with E-state index < -0.39 is 11.9 Å². The Labute approximate surface area is 148 Å². The highest BCUT2D eigenvalue weighted by atomic mass is 16.5. The summed E-state index contributed by atoms with van der Waals surface area (Å²) in [6.07, 6.45) is 16.1. The average molecular weight is 341 g/mol. The summed E-state index contributed by atoms with van der Waals surface area (Å²) >= 11 is 0. The third-order valence-corrected chi connectivity index (χ3v) is 3.84. The summed E-state index contributed by atoms with van der Waals surface area (Å²) in [7, 11) is 0. The van der Waals surface area contributed by atoms with Crippen molar-refractivity contribution < 1.29 is 19.1 Å². The van der Waals surface area contributed by atoms with E-state index in [2.05, 4.69) is 13.8 Å². The molecule has 0 rings (SSSR count). The summed E-state index contributed by atoms with van der Waals surface area (Å²) in [4.78, 5) is 22.9. The highest BCUT2D eigenvalue weighted by Gasteiger charge is 2.01. The van der Waals surface area contributed by atoms with E-state index >= 15 is 0 Å². The third kappa shape index (κ3) is 17.0. The van der Waals surface area contributed by atoms with Crippen LogP contribution in [0.1, 0.15) is 90.9 Å². The fourth-order valence-electron chi connectivity index (χ4n) is 2.34. The Morgan fingerprint density at radius 2 is 0.917 bits per heavy atom. The molecular formula is C20H36O4. The topological polar surface area (TPSA) is 52.6 Å². The van der Waals surface area contributed by atoms with Crippen LogP contribution in [0, 0.1) is 0 Å². The molecule has 4 heteroatoms. The lowest BCUT2D eigenvalue weighted by molar-refractivity contribution is -0.140. The van der Waals surface area contributed by atoms with E-state index in [0.717, 1.165) is 37.8 Å². The number of rotatable bonds is 16. The molecule has 0 radical (unpaired) electrons. The first-order valence-electron chi connectivity index (χ1n) is 9.72. The highest BCUT2D eigenvalue weighted by molar-refractivity contribution is 5.91. The lowest BCUT2D eigenvalue weighted by Gasteiger charge is -2.03. The molecule has 4 nitrogen and oxygen atoms in total.